The van der Waals surface area contributed by atoms with Crippen molar-refractivity contribution in [2.75, 3.05) is 34.0 Å². The number of hydrogen-bond donors (Lipinski definition) is 4. The lowest BCUT2D eigenvalue weighted by molar-refractivity contribution is -0.136. The Labute approximate surface area is 303 Å². The second kappa shape index (κ2) is 18.1. The number of hydrogen-bond acceptors (Lipinski definition) is 12. The van der Waals surface area contributed by atoms with Gasteiger partial charge in [-0.1, -0.05) is 18.2 Å². The van der Waals surface area contributed by atoms with Crippen LogP contribution < -0.4 is 35.0 Å². The topological polar surface area (TPSA) is 175 Å². The highest BCUT2D eigenvalue weighted by molar-refractivity contribution is 14.1. The Bertz CT molecular complexity index is 1750. The fourth-order valence-corrected chi connectivity index (χ4v) is 5.66. The fraction of sp³-hybridized carbons (Fsp3) is 0.314. The molecule has 1 aliphatic rings. The highest BCUT2D eigenvalue weighted by Crippen LogP contribution is 2.36. The van der Waals surface area contributed by atoms with Gasteiger partial charge in [0.15, 0.2) is 29.2 Å². The Morgan fingerprint density at radius 2 is 1.74 bits per heavy atom. The fourth-order valence-electron chi connectivity index (χ4n) is 4.88. The van der Waals surface area contributed by atoms with Gasteiger partial charge in [0, 0.05) is 5.70 Å². The van der Waals surface area contributed by atoms with Crippen LogP contribution >= 0.6 is 22.6 Å². The lowest BCUT2D eigenvalue weighted by atomic mass is 9.95. The Morgan fingerprint density at radius 1 is 0.980 bits per heavy atom. The lowest BCUT2D eigenvalue weighted by Crippen LogP contribution is -2.45. The van der Waals surface area contributed by atoms with Crippen molar-refractivity contribution in [3.05, 3.63) is 91.7 Å². The zero-order valence-electron chi connectivity index (χ0n) is 28.2. The molecule has 266 valence electrons. The first kappa shape index (κ1) is 37.8. The molecular formula is C35H39IN4O10. The van der Waals surface area contributed by atoms with Crippen molar-refractivity contribution in [1.82, 2.24) is 16.1 Å². The summed E-state index contributed by atoms with van der Waals surface area (Å²) in [5.74, 6) is 0.777. The van der Waals surface area contributed by atoms with Gasteiger partial charge in [0.25, 0.3) is 0 Å². The number of nitrogens with one attached hydrogen (secondary N) is 3. The van der Waals surface area contributed by atoms with Crippen molar-refractivity contribution >= 4 is 46.8 Å². The molecule has 0 aromatic heterocycles. The van der Waals surface area contributed by atoms with Crippen molar-refractivity contribution in [1.29, 1.82) is 0 Å². The summed E-state index contributed by atoms with van der Waals surface area (Å²) >= 11 is 2.14. The molecule has 2 atom stereocenters. The highest BCUT2D eigenvalue weighted by Gasteiger charge is 2.32. The van der Waals surface area contributed by atoms with E-state index in [9.17, 15) is 19.5 Å². The maximum absolute atomic E-state index is 12.5. The third-order valence-electron chi connectivity index (χ3n) is 7.21. The number of aliphatic hydroxyl groups is 1. The molecule has 0 bridgehead atoms. The first-order chi connectivity index (χ1) is 24.1. The predicted octanol–water partition coefficient (Wildman–Crippen LogP) is 4.58. The molecule has 0 radical (unpaired) electrons. The number of aliphatic hydroxyl groups excluding tert-OH is 1. The van der Waals surface area contributed by atoms with Crippen LogP contribution in [0.15, 0.2) is 71.0 Å². The number of hydrazone groups is 1. The summed E-state index contributed by atoms with van der Waals surface area (Å²) in [4.78, 5) is 36.6. The van der Waals surface area contributed by atoms with E-state index in [-0.39, 0.29) is 24.8 Å². The second-order valence-electron chi connectivity index (χ2n) is 10.7. The van der Waals surface area contributed by atoms with E-state index in [1.165, 1.54) is 20.4 Å². The Kier molecular flexibility index (Phi) is 13.7. The maximum Gasteiger partial charge on any atom is 0.338 e. The van der Waals surface area contributed by atoms with Crippen LogP contribution in [0.5, 0.6) is 23.0 Å². The van der Waals surface area contributed by atoms with Crippen molar-refractivity contribution in [3.8, 4) is 23.0 Å². The van der Waals surface area contributed by atoms with E-state index in [2.05, 4.69) is 43.8 Å². The van der Waals surface area contributed by atoms with Gasteiger partial charge in [-0.2, -0.15) is 5.10 Å². The molecule has 0 saturated heterocycles. The van der Waals surface area contributed by atoms with Crippen LogP contribution in [0.1, 0.15) is 53.9 Å². The van der Waals surface area contributed by atoms with E-state index in [1.54, 1.807) is 69.3 Å². The molecule has 0 aliphatic carbocycles. The van der Waals surface area contributed by atoms with Crippen LogP contribution in [-0.4, -0.2) is 69.6 Å². The van der Waals surface area contributed by atoms with Crippen molar-refractivity contribution in [3.63, 3.8) is 0 Å². The number of carbonyl (C=O) groups excluding carboxylic acids is 3. The minimum atomic E-state index is -1.18. The molecule has 3 aromatic carbocycles. The monoisotopic (exact) mass is 802 g/mol. The number of benzene rings is 3. The van der Waals surface area contributed by atoms with Gasteiger partial charge < -0.3 is 44.2 Å². The predicted molar refractivity (Wildman–Crippen MR) is 191 cm³/mol. The average molecular weight is 803 g/mol. The molecule has 0 fully saturated rings. The largest absolute Gasteiger partial charge is 0.493 e. The van der Waals surface area contributed by atoms with Gasteiger partial charge in [0.2, 0.25) is 0 Å². The molecule has 1 aliphatic heterocycles. The van der Waals surface area contributed by atoms with E-state index >= 15 is 0 Å². The molecular weight excluding hydrogens is 763 g/mol. The van der Waals surface area contributed by atoms with Gasteiger partial charge in [-0.25, -0.2) is 14.4 Å². The number of urea groups is 1. The molecule has 15 heteroatoms. The molecule has 0 unspecified atom stereocenters. The Morgan fingerprint density at radius 3 is 2.42 bits per heavy atom. The van der Waals surface area contributed by atoms with Crippen LogP contribution in [0.25, 0.3) is 0 Å². The van der Waals surface area contributed by atoms with Gasteiger partial charge in [-0.05, 0) is 96.5 Å². The average Bonchev–Trinajstić information content (AvgIpc) is 3.10. The number of methoxy groups -OCH3 is 2. The summed E-state index contributed by atoms with van der Waals surface area (Å²) < 4.78 is 33.9. The third-order valence-corrected chi connectivity index (χ3v) is 8.01. The van der Waals surface area contributed by atoms with Gasteiger partial charge in [0.1, 0.15) is 13.2 Å². The standard InChI is InChI=1S/C35H39IN4O10/c1-6-47-27-16-24(31-30(34(43)46-5)20(3)38-35(44)39-31)12-13-26(27)49-19-29(41)40-37-17-22-14-25(36)32(28(15-22)45-4)50-18-21-8-10-23(11-9-21)33(42)48-7-2/h8-17,29,31,40-41H,6-7,18-19H2,1-5H3,(H2,38,39,44)/b37-17+/t29-,31+/m0/s1. The smallest absolute Gasteiger partial charge is 0.338 e. The molecule has 50 heavy (non-hydrogen) atoms. The molecule has 1 heterocycles. The number of ether oxygens (including phenoxy) is 6. The molecule has 3 aromatic rings. The summed E-state index contributed by atoms with van der Waals surface area (Å²) in [6.45, 7) is 5.89. The van der Waals surface area contributed by atoms with Crippen LogP contribution in [0.4, 0.5) is 4.79 Å². The minimum Gasteiger partial charge on any atom is -0.493 e. The summed E-state index contributed by atoms with van der Waals surface area (Å²) in [6.07, 6.45) is 0.341. The highest BCUT2D eigenvalue weighted by atomic mass is 127. The zero-order valence-corrected chi connectivity index (χ0v) is 30.4. The van der Waals surface area contributed by atoms with E-state index in [0.717, 1.165) is 9.13 Å². The quantitative estimate of drug-likeness (QED) is 0.0525. The SMILES string of the molecule is CCOC(=O)c1ccc(COc2c(I)cc(/C=N/N[C@@H](O)COc3ccc([C@H]4NC(=O)NC(C)=C4C(=O)OC)cc3OCC)cc2OC)cc1. The Balaban J connectivity index is 1.36. The molecule has 2 amide bonds. The van der Waals surface area contributed by atoms with Crippen molar-refractivity contribution < 1.29 is 47.9 Å². The van der Waals surface area contributed by atoms with Gasteiger partial charge in [0.05, 0.1) is 54.4 Å². The third kappa shape index (κ3) is 9.78. The molecule has 14 nitrogen and oxygen atoms in total. The normalized spacial score (nSPS) is 14.7. The summed E-state index contributed by atoms with van der Waals surface area (Å²) in [6, 6.07) is 14.3. The molecule has 0 saturated carbocycles. The summed E-state index contributed by atoms with van der Waals surface area (Å²) in [7, 11) is 2.80. The first-order valence-electron chi connectivity index (χ1n) is 15.6. The molecule has 4 N–H and O–H groups in total. The van der Waals surface area contributed by atoms with Crippen LogP contribution in [0, 0.1) is 3.57 Å². The van der Waals surface area contributed by atoms with Crippen LogP contribution in [0.2, 0.25) is 0 Å². The van der Waals surface area contributed by atoms with Gasteiger partial charge in [-0.15, -0.1) is 0 Å². The Hall–Kier alpha value is -5.03. The first-order valence-corrected chi connectivity index (χ1v) is 16.6. The number of halogens is 1. The minimum absolute atomic E-state index is 0.179. The second-order valence-corrected chi connectivity index (χ2v) is 11.8. The van der Waals surface area contributed by atoms with Crippen LogP contribution in [-0.2, 0) is 20.9 Å². The van der Waals surface area contributed by atoms with E-state index in [4.69, 9.17) is 28.4 Å². The van der Waals surface area contributed by atoms with Crippen LogP contribution in [0.3, 0.4) is 0 Å². The summed E-state index contributed by atoms with van der Waals surface area (Å²) in [5.41, 5.74) is 5.86. The van der Waals surface area contributed by atoms with Crippen molar-refractivity contribution in [2.45, 2.75) is 39.6 Å². The maximum atomic E-state index is 12.5. The number of carbonyl (C=O) groups is 3. The number of rotatable bonds is 16. The van der Waals surface area contributed by atoms with E-state index < -0.39 is 24.3 Å². The number of amides is 2. The lowest BCUT2D eigenvalue weighted by Gasteiger charge is -2.28. The van der Waals surface area contributed by atoms with E-state index in [0.29, 0.717) is 58.6 Å². The van der Waals surface area contributed by atoms with E-state index in [1.807, 2.05) is 6.07 Å². The summed E-state index contributed by atoms with van der Waals surface area (Å²) in [5, 5.41) is 20.0. The molecule has 0 spiro atoms. The number of esters is 2. The number of allylic oxidation sites excluding steroid dienone is 1. The van der Waals surface area contributed by atoms with Gasteiger partial charge in [-0.3, -0.25) is 5.43 Å². The van der Waals surface area contributed by atoms with Crippen molar-refractivity contribution in [2.24, 2.45) is 5.10 Å². The molecule has 4 rings (SSSR count). The number of nitrogens with zero attached hydrogens (tertiary/aromatic N) is 1. The van der Waals surface area contributed by atoms with Gasteiger partial charge >= 0.3 is 18.0 Å². The zero-order chi connectivity index (χ0) is 36.2.